The van der Waals surface area contributed by atoms with Crippen LogP contribution in [0.2, 0.25) is 0 Å². The van der Waals surface area contributed by atoms with Crippen molar-refractivity contribution in [3.63, 3.8) is 0 Å². The van der Waals surface area contributed by atoms with Gasteiger partial charge in [-0.25, -0.2) is 14.2 Å². The molecule has 0 saturated carbocycles. The third kappa shape index (κ3) is 3.54. The maximum absolute atomic E-state index is 13.6. The van der Waals surface area contributed by atoms with Crippen LogP contribution in [-0.4, -0.2) is 43.7 Å². The zero-order valence-electron chi connectivity index (χ0n) is 14.8. The second-order valence-electron chi connectivity index (χ2n) is 7.57. The first-order chi connectivity index (χ1) is 11.8. The van der Waals surface area contributed by atoms with Crippen molar-refractivity contribution in [1.82, 2.24) is 15.8 Å². The van der Waals surface area contributed by atoms with Crippen molar-refractivity contribution in [2.24, 2.45) is 11.3 Å². The Labute approximate surface area is 146 Å². The van der Waals surface area contributed by atoms with Gasteiger partial charge in [0.1, 0.15) is 0 Å². The number of fused-ring (bicyclic) bond motifs is 1. The summed E-state index contributed by atoms with van der Waals surface area (Å²) < 4.78 is 32.0. The van der Waals surface area contributed by atoms with Gasteiger partial charge in [0.2, 0.25) is 5.91 Å². The molecule has 1 aromatic rings. The van der Waals surface area contributed by atoms with Crippen molar-refractivity contribution >= 4 is 5.91 Å². The number of piperidine rings is 1. The summed E-state index contributed by atoms with van der Waals surface area (Å²) in [6, 6.07) is 4.00. The minimum absolute atomic E-state index is 0.0590. The van der Waals surface area contributed by atoms with Gasteiger partial charge in [0, 0.05) is 32.2 Å². The molecule has 0 bridgehead atoms. The Kier molecular flexibility index (Phi) is 5.09. The molecule has 3 rings (SSSR count). The summed E-state index contributed by atoms with van der Waals surface area (Å²) in [5, 5.41) is 0. The summed E-state index contributed by atoms with van der Waals surface area (Å²) in [6.45, 7) is 5.36. The predicted octanol–water partition coefficient (Wildman–Crippen LogP) is 2.00. The Hall–Kier alpha value is -1.57. The third-order valence-electron chi connectivity index (χ3n) is 5.18. The van der Waals surface area contributed by atoms with Crippen LogP contribution < -0.4 is 10.9 Å². The molecule has 3 atom stereocenters. The van der Waals surface area contributed by atoms with E-state index in [2.05, 4.69) is 10.9 Å². The molecule has 138 valence electrons. The first-order valence-corrected chi connectivity index (χ1v) is 8.58. The minimum Gasteiger partial charge on any atom is -0.384 e. The van der Waals surface area contributed by atoms with Crippen LogP contribution in [0.15, 0.2) is 18.2 Å². The number of rotatable bonds is 4. The Morgan fingerprint density at radius 2 is 2.08 bits per heavy atom. The third-order valence-corrected chi connectivity index (χ3v) is 5.18. The van der Waals surface area contributed by atoms with Crippen LogP contribution in [0.4, 0.5) is 8.78 Å². The smallest absolute Gasteiger partial charge is 0.230 e. The number of halogens is 2. The molecule has 1 amide bonds. The molecule has 7 heteroatoms. The van der Waals surface area contributed by atoms with Gasteiger partial charge in [-0.3, -0.25) is 10.2 Å². The minimum atomic E-state index is -0.854. The lowest BCUT2D eigenvalue weighted by Crippen LogP contribution is -2.52. The highest BCUT2D eigenvalue weighted by atomic mass is 19.2. The van der Waals surface area contributed by atoms with Crippen LogP contribution in [0.25, 0.3) is 0 Å². The molecule has 0 spiro atoms. The maximum Gasteiger partial charge on any atom is 0.230 e. The number of likely N-dealkylation sites (tertiary alicyclic amines) is 1. The fourth-order valence-corrected chi connectivity index (χ4v) is 3.87. The summed E-state index contributed by atoms with van der Waals surface area (Å²) in [6.07, 6.45) is 0.812. The molecule has 5 nitrogen and oxygen atoms in total. The second-order valence-corrected chi connectivity index (χ2v) is 7.57. The molecule has 2 heterocycles. The average molecular weight is 353 g/mol. The van der Waals surface area contributed by atoms with Gasteiger partial charge in [-0.2, -0.15) is 0 Å². The lowest BCUT2D eigenvalue weighted by Gasteiger charge is -2.39. The van der Waals surface area contributed by atoms with E-state index in [0.717, 1.165) is 12.5 Å². The van der Waals surface area contributed by atoms with Crippen molar-refractivity contribution in [1.29, 1.82) is 0 Å². The monoisotopic (exact) mass is 353 g/mol. The molecule has 0 aliphatic carbocycles. The predicted molar refractivity (Wildman–Crippen MR) is 89.5 cm³/mol. The fraction of sp³-hybridized carbons (Fsp3) is 0.611. The van der Waals surface area contributed by atoms with E-state index >= 15 is 0 Å². The van der Waals surface area contributed by atoms with Gasteiger partial charge in [-0.1, -0.05) is 6.07 Å². The van der Waals surface area contributed by atoms with E-state index < -0.39 is 17.0 Å². The summed E-state index contributed by atoms with van der Waals surface area (Å²) in [7, 11) is 1.59. The largest absolute Gasteiger partial charge is 0.384 e. The van der Waals surface area contributed by atoms with Gasteiger partial charge in [0.25, 0.3) is 0 Å². The zero-order chi connectivity index (χ0) is 18.2. The Morgan fingerprint density at radius 3 is 2.76 bits per heavy atom. The number of amides is 1. The number of hydrogen-bond acceptors (Lipinski definition) is 4. The number of nitrogens with zero attached hydrogens (tertiary/aromatic N) is 1. The van der Waals surface area contributed by atoms with Crippen molar-refractivity contribution in [3.8, 4) is 0 Å². The van der Waals surface area contributed by atoms with Crippen LogP contribution in [0.5, 0.6) is 0 Å². The van der Waals surface area contributed by atoms with E-state index in [0.29, 0.717) is 25.3 Å². The summed E-state index contributed by atoms with van der Waals surface area (Å²) in [5.41, 5.74) is 6.52. The van der Waals surface area contributed by atoms with Crippen LogP contribution in [0, 0.1) is 23.0 Å². The zero-order valence-corrected chi connectivity index (χ0v) is 14.8. The highest BCUT2D eigenvalue weighted by Crippen LogP contribution is 2.35. The van der Waals surface area contributed by atoms with Gasteiger partial charge >= 0.3 is 0 Å². The first-order valence-electron chi connectivity index (χ1n) is 8.58. The lowest BCUT2D eigenvalue weighted by atomic mass is 9.83. The molecule has 2 N–H and O–H groups in total. The van der Waals surface area contributed by atoms with E-state index in [4.69, 9.17) is 4.74 Å². The molecule has 25 heavy (non-hydrogen) atoms. The van der Waals surface area contributed by atoms with Crippen LogP contribution in [0.3, 0.4) is 0 Å². The Balaban J connectivity index is 1.76. The first kappa shape index (κ1) is 18.2. The van der Waals surface area contributed by atoms with E-state index in [1.165, 1.54) is 6.07 Å². The summed E-state index contributed by atoms with van der Waals surface area (Å²) >= 11 is 0. The number of methoxy groups -OCH3 is 1. The van der Waals surface area contributed by atoms with E-state index in [-0.39, 0.29) is 23.9 Å². The molecule has 1 aromatic carbocycles. The molecule has 0 radical (unpaired) electrons. The van der Waals surface area contributed by atoms with Crippen molar-refractivity contribution in [2.45, 2.75) is 32.4 Å². The van der Waals surface area contributed by atoms with Crippen LogP contribution in [0.1, 0.15) is 31.9 Å². The van der Waals surface area contributed by atoms with E-state index in [1.54, 1.807) is 13.2 Å². The molecule has 2 aliphatic heterocycles. The number of carbonyl (C=O) groups excluding carboxylic acids is 1. The van der Waals surface area contributed by atoms with Gasteiger partial charge < -0.3 is 9.64 Å². The van der Waals surface area contributed by atoms with Crippen LogP contribution >= 0.6 is 0 Å². The van der Waals surface area contributed by atoms with Crippen molar-refractivity contribution in [2.75, 3.05) is 26.8 Å². The highest BCUT2D eigenvalue weighted by molar-refractivity contribution is 5.82. The molecule has 3 unspecified atom stereocenters. The Morgan fingerprint density at radius 1 is 1.32 bits per heavy atom. The number of nitrogens with one attached hydrogen (secondary N) is 2. The van der Waals surface area contributed by atoms with E-state index in [1.807, 2.05) is 18.7 Å². The fourth-order valence-electron chi connectivity index (χ4n) is 3.87. The average Bonchev–Trinajstić information content (AvgIpc) is 2.99. The SMILES string of the molecule is COCC(C)(C)C(=O)N1CCC2NNC(c3ccc(F)c(F)c3)C2C1. The molecular weight excluding hydrogens is 328 g/mol. The van der Waals surface area contributed by atoms with Crippen molar-refractivity contribution < 1.29 is 18.3 Å². The lowest BCUT2D eigenvalue weighted by molar-refractivity contribution is -0.145. The van der Waals surface area contributed by atoms with Gasteiger partial charge in [0.15, 0.2) is 11.6 Å². The summed E-state index contributed by atoms with van der Waals surface area (Å²) in [4.78, 5) is 14.7. The quantitative estimate of drug-likeness (QED) is 0.869. The number of carbonyl (C=O) groups is 1. The number of hydrazine groups is 1. The van der Waals surface area contributed by atoms with Gasteiger partial charge in [-0.05, 0) is 38.0 Å². The Bertz CT molecular complexity index is 653. The van der Waals surface area contributed by atoms with Crippen LogP contribution in [-0.2, 0) is 9.53 Å². The van der Waals surface area contributed by atoms with Crippen molar-refractivity contribution in [3.05, 3.63) is 35.4 Å². The number of ether oxygens (including phenoxy) is 1. The molecule has 2 saturated heterocycles. The molecule has 2 fully saturated rings. The van der Waals surface area contributed by atoms with Gasteiger partial charge in [0.05, 0.1) is 18.1 Å². The molecular formula is C18H25F2N3O2. The number of hydrogen-bond donors (Lipinski definition) is 2. The topological polar surface area (TPSA) is 53.6 Å². The number of benzene rings is 1. The maximum atomic E-state index is 13.6. The molecule has 0 aromatic heterocycles. The van der Waals surface area contributed by atoms with E-state index in [9.17, 15) is 13.6 Å². The second kappa shape index (κ2) is 6.97. The standard InChI is InChI=1S/C18H25F2N3O2/c1-18(2,10-25-3)17(24)23-7-6-15-12(9-23)16(22-21-15)11-4-5-13(19)14(20)8-11/h4-5,8,12,15-16,21-22H,6-7,9-10H2,1-3H3. The highest BCUT2D eigenvalue weighted by Gasteiger charge is 2.43. The normalized spacial score (nSPS) is 26.6. The molecule has 2 aliphatic rings. The summed E-state index contributed by atoms with van der Waals surface area (Å²) in [5.74, 6) is -1.55. The van der Waals surface area contributed by atoms with Gasteiger partial charge in [-0.15, -0.1) is 0 Å².